The van der Waals surface area contributed by atoms with Gasteiger partial charge in [0.1, 0.15) is 18.1 Å². The third-order valence-corrected chi connectivity index (χ3v) is 5.19. The fourth-order valence-electron chi connectivity index (χ4n) is 3.78. The zero-order valence-electron chi connectivity index (χ0n) is 18.3. The smallest absolute Gasteiger partial charge is 0.338 e. The number of fused-ring (bicyclic) bond motifs is 1. The minimum Gasteiger partial charge on any atom is -0.496 e. The maximum Gasteiger partial charge on any atom is 0.338 e. The monoisotopic (exact) mass is 436 g/mol. The lowest BCUT2D eigenvalue weighted by Crippen LogP contribution is -2.30. The Kier molecular flexibility index (Phi) is 5.98. The molecule has 1 aliphatic heterocycles. The van der Waals surface area contributed by atoms with Gasteiger partial charge in [0.05, 0.1) is 39.2 Å². The normalized spacial score (nSPS) is 14.9. The highest BCUT2D eigenvalue weighted by molar-refractivity contribution is 6.02. The number of rotatable bonds is 7. The molecule has 1 atom stereocenters. The molecule has 2 heterocycles. The molecular formula is C23H24N4O5. The molecular weight excluding hydrogens is 412 g/mol. The predicted octanol–water partition coefficient (Wildman–Crippen LogP) is 3.29. The fraction of sp³-hybridized carbons (Fsp3) is 0.261. The summed E-state index contributed by atoms with van der Waals surface area (Å²) in [5.41, 5.74) is 2.43. The summed E-state index contributed by atoms with van der Waals surface area (Å²) in [7, 11) is 4.66. The van der Waals surface area contributed by atoms with E-state index in [1.54, 1.807) is 45.1 Å². The molecule has 0 bridgehead atoms. The minimum absolute atomic E-state index is 0.227. The SMILES string of the molecule is CCOC(=O)C1=C(c2ccccc2)Nc2ncnn2[C@H]1c1cc(OC)c(OC)cc1OC. The molecule has 0 saturated heterocycles. The summed E-state index contributed by atoms with van der Waals surface area (Å²) >= 11 is 0. The van der Waals surface area contributed by atoms with Gasteiger partial charge < -0.3 is 24.3 Å². The van der Waals surface area contributed by atoms with Crippen LogP contribution in [0.3, 0.4) is 0 Å². The molecule has 3 aromatic rings. The van der Waals surface area contributed by atoms with Gasteiger partial charge in [-0.05, 0) is 18.6 Å². The predicted molar refractivity (Wildman–Crippen MR) is 118 cm³/mol. The molecule has 1 aromatic heterocycles. The van der Waals surface area contributed by atoms with Gasteiger partial charge in [0.2, 0.25) is 5.95 Å². The third kappa shape index (κ3) is 3.62. The van der Waals surface area contributed by atoms with Crippen LogP contribution >= 0.6 is 0 Å². The van der Waals surface area contributed by atoms with Crippen LogP contribution < -0.4 is 19.5 Å². The van der Waals surface area contributed by atoms with Crippen LogP contribution in [0.25, 0.3) is 5.70 Å². The van der Waals surface area contributed by atoms with Crippen LogP contribution in [0.1, 0.15) is 24.1 Å². The van der Waals surface area contributed by atoms with Gasteiger partial charge in [-0.15, -0.1) is 0 Å². The molecule has 166 valence electrons. The molecule has 0 amide bonds. The van der Waals surface area contributed by atoms with Crippen LogP contribution in [0.2, 0.25) is 0 Å². The van der Waals surface area contributed by atoms with Crippen molar-refractivity contribution in [2.24, 2.45) is 0 Å². The number of aromatic nitrogens is 3. The molecule has 0 aliphatic carbocycles. The van der Waals surface area contributed by atoms with E-state index in [2.05, 4.69) is 15.4 Å². The maximum absolute atomic E-state index is 13.3. The average Bonchev–Trinajstić information content (AvgIpc) is 3.31. The Morgan fingerprint density at radius 3 is 2.38 bits per heavy atom. The first-order valence-electron chi connectivity index (χ1n) is 10.1. The second kappa shape index (κ2) is 9.01. The van der Waals surface area contributed by atoms with E-state index in [4.69, 9.17) is 18.9 Å². The number of methoxy groups -OCH3 is 3. The zero-order valence-corrected chi connectivity index (χ0v) is 18.3. The molecule has 0 saturated carbocycles. The second-order valence-electron chi connectivity index (χ2n) is 6.88. The van der Waals surface area contributed by atoms with Gasteiger partial charge in [0.25, 0.3) is 0 Å². The molecule has 1 N–H and O–H groups in total. The summed E-state index contributed by atoms with van der Waals surface area (Å²) in [5, 5.41) is 7.62. The molecule has 0 fully saturated rings. The van der Waals surface area contributed by atoms with Crippen molar-refractivity contribution in [2.75, 3.05) is 33.3 Å². The fourth-order valence-corrected chi connectivity index (χ4v) is 3.78. The van der Waals surface area contributed by atoms with E-state index in [9.17, 15) is 4.79 Å². The molecule has 1 aliphatic rings. The van der Waals surface area contributed by atoms with Crippen molar-refractivity contribution in [3.05, 3.63) is 65.5 Å². The summed E-state index contributed by atoms with van der Waals surface area (Å²) in [5.74, 6) is 1.52. The standard InChI is InChI=1S/C23H24N4O5/c1-5-32-22(28)19-20(14-9-7-6-8-10-14)26-23-24-13-25-27(23)21(19)15-11-17(30-3)18(31-4)12-16(15)29-2/h6-13,21H,5H2,1-4H3,(H,24,25,26)/t21-/m0/s1. The maximum atomic E-state index is 13.3. The lowest BCUT2D eigenvalue weighted by Gasteiger charge is -2.30. The van der Waals surface area contributed by atoms with Gasteiger partial charge in [-0.25, -0.2) is 9.48 Å². The first-order valence-corrected chi connectivity index (χ1v) is 10.1. The summed E-state index contributed by atoms with van der Waals surface area (Å²) in [4.78, 5) is 17.6. The Labute approximate surface area is 185 Å². The van der Waals surface area contributed by atoms with Gasteiger partial charge in [0.15, 0.2) is 11.5 Å². The van der Waals surface area contributed by atoms with E-state index < -0.39 is 12.0 Å². The Hall–Kier alpha value is -4.01. The number of hydrogen-bond donors (Lipinski definition) is 1. The Morgan fingerprint density at radius 1 is 1.03 bits per heavy atom. The van der Waals surface area contributed by atoms with Crippen LogP contribution in [0.5, 0.6) is 17.2 Å². The quantitative estimate of drug-likeness (QED) is 0.564. The van der Waals surface area contributed by atoms with Gasteiger partial charge in [-0.3, -0.25) is 0 Å². The van der Waals surface area contributed by atoms with Gasteiger partial charge in [-0.2, -0.15) is 10.1 Å². The molecule has 9 heteroatoms. The Morgan fingerprint density at radius 2 is 1.72 bits per heavy atom. The van der Waals surface area contributed by atoms with Gasteiger partial charge in [0, 0.05) is 11.6 Å². The Balaban J connectivity index is 2.02. The number of ether oxygens (including phenoxy) is 4. The highest BCUT2D eigenvalue weighted by Crippen LogP contribution is 2.45. The number of nitrogens with one attached hydrogen (secondary N) is 1. The highest BCUT2D eigenvalue weighted by Gasteiger charge is 2.38. The number of carbonyl (C=O) groups is 1. The topological polar surface area (TPSA) is 96.7 Å². The molecule has 0 unspecified atom stereocenters. The number of anilines is 1. The molecule has 2 aromatic carbocycles. The highest BCUT2D eigenvalue weighted by atomic mass is 16.5. The largest absolute Gasteiger partial charge is 0.496 e. The summed E-state index contributed by atoms with van der Waals surface area (Å²) in [6.07, 6.45) is 1.43. The van der Waals surface area contributed by atoms with Crippen molar-refractivity contribution in [3.63, 3.8) is 0 Å². The third-order valence-electron chi connectivity index (χ3n) is 5.19. The van der Waals surface area contributed by atoms with Crippen LogP contribution in [-0.2, 0) is 9.53 Å². The van der Waals surface area contributed by atoms with E-state index in [0.717, 1.165) is 5.56 Å². The molecule has 0 spiro atoms. The van der Waals surface area contributed by atoms with E-state index in [1.165, 1.54) is 6.33 Å². The van der Waals surface area contributed by atoms with Crippen LogP contribution in [-0.4, -0.2) is 48.7 Å². The zero-order chi connectivity index (χ0) is 22.7. The van der Waals surface area contributed by atoms with E-state index in [-0.39, 0.29) is 6.61 Å². The van der Waals surface area contributed by atoms with Crippen molar-refractivity contribution < 1.29 is 23.7 Å². The van der Waals surface area contributed by atoms with Crippen molar-refractivity contribution in [1.29, 1.82) is 0 Å². The first kappa shape index (κ1) is 21.2. The van der Waals surface area contributed by atoms with E-state index in [0.29, 0.717) is 40.0 Å². The van der Waals surface area contributed by atoms with Gasteiger partial charge in [-0.1, -0.05) is 30.3 Å². The van der Waals surface area contributed by atoms with Crippen molar-refractivity contribution >= 4 is 17.6 Å². The number of esters is 1. The molecule has 32 heavy (non-hydrogen) atoms. The van der Waals surface area contributed by atoms with Crippen molar-refractivity contribution in [3.8, 4) is 17.2 Å². The molecule has 9 nitrogen and oxygen atoms in total. The second-order valence-corrected chi connectivity index (χ2v) is 6.88. The van der Waals surface area contributed by atoms with Crippen LogP contribution in [0.4, 0.5) is 5.95 Å². The molecule has 0 radical (unpaired) electrons. The minimum atomic E-state index is -0.683. The summed E-state index contributed by atoms with van der Waals surface area (Å²) in [6.45, 7) is 1.99. The van der Waals surface area contributed by atoms with Crippen LogP contribution in [0, 0.1) is 0 Å². The lowest BCUT2D eigenvalue weighted by molar-refractivity contribution is -0.138. The van der Waals surface area contributed by atoms with Crippen molar-refractivity contribution in [1.82, 2.24) is 14.8 Å². The number of nitrogens with zero attached hydrogens (tertiary/aromatic N) is 3. The van der Waals surface area contributed by atoms with E-state index in [1.807, 2.05) is 30.3 Å². The Bertz CT molecular complexity index is 1160. The average molecular weight is 436 g/mol. The summed E-state index contributed by atoms with van der Waals surface area (Å²) < 4.78 is 23.7. The number of carbonyl (C=O) groups excluding carboxylic acids is 1. The van der Waals surface area contributed by atoms with Gasteiger partial charge >= 0.3 is 5.97 Å². The summed E-state index contributed by atoms with van der Waals surface area (Å²) in [6, 6.07) is 12.4. The van der Waals surface area contributed by atoms with E-state index >= 15 is 0 Å². The number of hydrogen-bond acceptors (Lipinski definition) is 8. The number of benzene rings is 2. The lowest BCUT2D eigenvalue weighted by atomic mass is 9.92. The van der Waals surface area contributed by atoms with Crippen molar-refractivity contribution in [2.45, 2.75) is 13.0 Å². The van der Waals surface area contributed by atoms with Crippen LogP contribution in [0.15, 0.2) is 54.4 Å². The molecule has 4 rings (SSSR count). The first-order chi connectivity index (χ1) is 15.6.